The fourth-order valence-electron chi connectivity index (χ4n) is 3.35. The molecule has 0 saturated heterocycles. The van der Waals surface area contributed by atoms with E-state index < -0.39 is 0 Å². The number of aryl methyl sites for hydroxylation is 1. The zero-order valence-electron chi connectivity index (χ0n) is 17.5. The molecule has 0 amide bonds. The number of rotatable bonds is 8. The molecule has 1 atom stereocenters. The molecule has 5 heteroatoms. The highest BCUT2D eigenvalue weighted by Gasteiger charge is 2.26. The van der Waals surface area contributed by atoms with Gasteiger partial charge in [-0.3, -0.25) is 4.99 Å². The van der Waals surface area contributed by atoms with E-state index in [9.17, 15) is 5.11 Å². The standard InChI is InChI=1S/C24H30ClN3O/c1-15(2)23(28-14-18-9-7-6-8-10-18)21(22(26)17(4)29)24(27-5)20-12-11-19(25)13-16(20)3/h6-13,15,24,27,29H,4,14,26H2,1-3,5H3. The molecule has 4 nitrogen and oxygen atoms in total. The highest BCUT2D eigenvalue weighted by atomic mass is 35.5. The molecule has 0 aliphatic rings. The first-order valence-corrected chi connectivity index (χ1v) is 10.0. The molecule has 0 bridgehead atoms. The van der Waals surface area contributed by atoms with Gasteiger partial charge in [0.1, 0.15) is 5.76 Å². The molecule has 154 valence electrons. The van der Waals surface area contributed by atoms with Crippen molar-refractivity contribution in [1.82, 2.24) is 5.32 Å². The molecule has 2 rings (SSSR count). The third kappa shape index (κ3) is 5.72. The summed E-state index contributed by atoms with van der Waals surface area (Å²) >= 11 is 6.15. The van der Waals surface area contributed by atoms with Gasteiger partial charge in [-0.05, 0) is 48.7 Å². The Balaban J connectivity index is 2.63. The van der Waals surface area contributed by atoms with Crippen LogP contribution in [0.1, 0.15) is 36.6 Å². The Labute approximate surface area is 178 Å². The predicted molar refractivity (Wildman–Crippen MR) is 123 cm³/mol. The van der Waals surface area contributed by atoms with Crippen molar-refractivity contribution in [1.29, 1.82) is 0 Å². The fourth-order valence-corrected chi connectivity index (χ4v) is 3.58. The number of aliphatic imine (C=N–C) groups is 1. The lowest BCUT2D eigenvalue weighted by atomic mass is 9.86. The lowest BCUT2D eigenvalue weighted by Gasteiger charge is -2.27. The third-order valence-electron chi connectivity index (χ3n) is 4.82. The summed E-state index contributed by atoms with van der Waals surface area (Å²) in [4.78, 5) is 4.90. The van der Waals surface area contributed by atoms with Crippen LogP contribution in [0.25, 0.3) is 0 Å². The van der Waals surface area contributed by atoms with Crippen molar-refractivity contribution in [2.75, 3.05) is 7.05 Å². The minimum atomic E-state index is -0.270. The first-order valence-electron chi connectivity index (χ1n) is 9.66. The number of nitrogens with one attached hydrogen (secondary N) is 1. The molecular weight excluding hydrogens is 382 g/mol. The smallest absolute Gasteiger partial charge is 0.131 e. The van der Waals surface area contributed by atoms with Crippen molar-refractivity contribution in [2.45, 2.75) is 33.4 Å². The highest BCUT2D eigenvalue weighted by Crippen LogP contribution is 2.31. The Morgan fingerprint density at radius 2 is 1.86 bits per heavy atom. The van der Waals surface area contributed by atoms with Crippen LogP contribution in [0.5, 0.6) is 0 Å². The van der Waals surface area contributed by atoms with Gasteiger partial charge in [0.15, 0.2) is 0 Å². The number of likely N-dealkylation sites (N-methyl/N-ethyl adjacent to an activating group) is 1. The van der Waals surface area contributed by atoms with Gasteiger partial charge in [0.25, 0.3) is 0 Å². The highest BCUT2D eigenvalue weighted by molar-refractivity contribution is 6.30. The van der Waals surface area contributed by atoms with Crippen LogP contribution in [-0.2, 0) is 6.54 Å². The third-order valence-corrected chi connectivity index (χ3v) is 5.05. The topological polar surface area (TPSA) is 70.6 Å². The van der Waals surface area contributed by atoms with Gasteiger partial charge in [0.2, 0.25) is 0 Å². The normalized spacial score (nSPS) is 13.9. The first kappa shape index (κ1) is 22.7. The van der Waals surface area contributed by atoms with Crippen molar-refractivity contribution >= 4 is 17.3 Å². The van der Waals surface area contributed by atoms with E-state index in [1.807, 2.05) is 62.5 Å². The summed E-state index contributed by atoms with van der Waals surface area (Å²) in [6, 6.07) is 15.5. The van der Waals surface area contributed by atoms with Crippen LogP contribution >= 0.6 is 11.6 Å². The maximum atomic E-state index is 10.1. The zero-order chi connectivity index (χ0) is 21.6. The van der Waals surface area contributed by atoms with Gasteiger partial charge in [0, 0.05) is 16.3 Å². The second-order valence-corrected chi connectivity index (χ2v) is 7.77. The van der Waals surface area contributed by atoms with E-state index in [1.165, 1.54) is 0 Å². The van der Waals surface area contributed by atoms with Gasteiger partial charge >= 0.3 is 0 Å². The van der Waals surface area contributed by atoms with Crippen LogP contribution < -0.4 is 11.1 Å². The molecule has 0 aliphatic carbocycles. The van der Waals surface area contributed by atoms with Crippen LogP contribution in [0, 0.1) is 12.8 Å². The lowest BCUT2D eigenvalue weighted by Crippen LogP contribution is -2.30. The molecule has 0 fully saturated rings. The summed E-state index contributed by atoms with van der Waals surface area (Å²) in [5.74, 6) is -0.0741. The van der Waals surface area contributed by atoms with Crippen molar-refractivity contribution in [3.63, 3.8) is 0 Å². The summed E-state index contributed by atoms with van der Waals surface area (Å²) < 4.78 is 0. The Morgan fingerprint density at radius 3 is 2.38 bits per heavy atom. The molecule has 2 aromatic rings. The van der Waals surface area contributed by atoms with E-state index in [0.29, 0.717) is 11.6 Å². The van der Waals surface area contributed by atoms with Gasteiger partial charge in [-0.25, -0.2) is 0 Å². The van der Waals surface area contributed by atoms with Crippen molar-refractivity contribution in [2.24, 2.45) is 16.6 Å². The van der Waals surface area contributed by atoms with Crippen LogP contribution in [0.3, 0.4) is 0 Å². The molecule has 4 N–H and O–H groups in total. The Bertz CT molecular complexity index is 917. The molecule has 0 heterocycles. The van der Waals surface area contributed by atoms with E-state index in [4.69, 9.17) is 22.3 Å². The molecule has 29 heavy (non-hydrogen) atoms. The van der Waals surface area contributed by atoms with E-state index in [2.05, 4.69) is 25.7 Å². The number of nitrogens with two attached hydrogens (primary N) is 1. The van der Waals surface area contributed by atoms with E-state index in [1.54, 1.807) is 0 Å². The molecule has 0 spiro atoms. The number of benzene rings is 2. The summed E-state index contributed by atoms with van der Waals surface area (Å²) in [7, 11) is 1.86. The Morgan fingerprint density at radius 1 is 1.21 bits per heavy atom. The van der Waals surface area contributed by atoms with Crippen LogP contribution in [0.15, 0.2) is 77.1 Å². The maximum absolute atomic E-state index is 10.1. The quantitative estimate of drug-likeness (QED) is 0.305. The van der Waals surface area contributed by atoms with Gasteiger partial charge < -0.3 is 16.2 Å². The van der Waals surface area contributed by atoms with E-state index in [0.717, 1.165) is 28.0 Å². The summed E-state index contributed by atoms with van der Waals surface area (Å²) in [6.45, 7) is 10.3. The van der Waals surface area contributed by atoms with Gasteiger partial charge in [0.05, 0.1) is 18.3 Å². The van der Waals surface area contributed by atoms with E-state index >= 15 is 0 Å². The molecule has 0 radical (unpaired) electrons. The SMILES string of the molecule is C=C(O)C(N)=C(C(=NCc1ccccc1)C(C)C)C(NC)c1ccc(Cl)cc1C. The molecular formula is C24H30ClN3O. The van der Waals surface area contributed by atoms with Crippen LogP contribution in [-0.4, -0.2) is 17.9 Å². The van der Waals surface area contributed by atoms with Gasteiger partial charge in [-0.1, -0.05) is 68.4 Å². The van der Waals surface area contributed by atoms with E-state index in [-0.39, 0.29) is 23.4 Å². The molecule has 1 unspecified atom stereocenters. The van der Waals surface area contributed by atoms with Crippen LogP contribution in [0.2, 0.25) is 5.02 Å². The van der Waals surface area contributed by atoms with Crippen molar-refractivity contribution < 1.29 is 5.11 Å². The van der Waals surface area contributed by atoms with Crippen molar-refractivity contribution in [3.05, 3.63) is 93.9 Å². The molecule has 0 aliphatic heterocycles. The zero-order valence-corrected chi connectivity index (χ0v) is 18.3. The minimum Gasteiger partial charge on any atom is -0.506 e. The maximum Gasteiger partial charge on any atom is 0.131 e. The number of aliphatic hydroxyl groups is 1. The second kappa shape index (κ2) is 10.3. The molecule has 0 aromatic heterocycles. The summed E-state index contributed by atoms with van der Waals surface area (Å²) in [5, 5.41) is 14.1. The van der Waals surface area contributed by atoms with Crippen molar-refractivity contribution in [3.8, 4) is 0 Å². The molecule has 0 saturated carbocycles. The lowest BCUT2D eigenvalue weighted by molar-refractivity contribution is 0.422. The number of hydrogen-bond acceptors (Lipinski definition) is 4. The van der Waals surface area contributed by atoms with Gasteiger partial charge in [-0.2, -0.15) is 0 Å². The molecule has 2 aromatic carbocycles. The second-order valence-electron chi connectivity index (χ2n) is 7.34. The minimum absolute atomic E-state index is 0.0927. The Kier molecular flexibility index (Phi) is 8.06. The summed E-state index contributed by atoms with van der Waals surface area (Å²) in [5.41, 5.74) is 11.3. The average molecular weight is 412 g/mol. The first-order chi connectivity index (χ1) is 13.8. The number of nitrogens with zero attached hydrogens (tertiary/aromatic N) is 1. The predicted octanol–water partition coefficient (Wildman–Crippen LogP) is 5.49. The van der Waals surface area contributed by atoms with Crippen LogP contribution in [0.4, 0.5) is 0 Å². The Hall–Kier alpha value is -2.56. The number of aliphatic hydroxyl groups excluding tert-OH is 1. The van der Waals surface area contributed by atoms with Gasteiger partial charge in [-0.15, -0.1) is 0 Å². The fraction of sp³-hybridized carbons (Fsp3) is 0.292. The summed E-state index contributed by atoms with van der Waals surface area (Å²) in [6.07, 6.45) is 0. The largest absolute Gasteiger partial charge is 0.506 e. The number of halogens is 1. The number of hydrogen-bond donors (Lipinski definition) is 3. The average Bonchev–Trinajstić information content (AvgIpc) is 2.68. The monoisotopic (exact) mass is 411 g/mol.